The molecule has 0 aliphatic heterocycles. The van der Waals surface area contributed by atoms with Crippen LogP contribution in [-0.2, 0) is 19.9 Å². The molecule has 0 spiro atoms. The van der Waals surface area contributed by atoms with Crippen molar-refractivity contribution in [2.75, 3.05) is 0 Å². The van der Waals surface area contributed by atoms with Crippen molar-refractivity contribution in [3.63, 3.8) is 0 Å². The van der Waals surface area contributed by atoms with E-state index in [9.17, 15) is 4.79 Å². The molecular weight excluding hydrogens is 260 g/mol. The summed E-state index contributed by atoms with van der Waals surface area (Å²) in [6.07, 6.45) is 6.23. The second kappa shape index (κ2) is 5.60. The zero-order chi connectivity index (χ0) is 14.8. The van der Waals surface area contributed by atoms with Crippen LogP contribution in [0.5, 0.6) is 0 Å². The summed E-state index contributed by atoms with van der Waals surface area (Å²) in [5, 5.41) is 0. The van der Waals surface area contributed by atoms with Crippen molar-refractivity contribution in [3.8, 4) is 0 Å². The molecule has 0 radical (unpaired) electrons. The summed E-state index contributed by atoms with van der Waals surface area (Å²) < 4.78 is 2.14. The molecule has 3 rings (SSSR count). The van der Waals surface area contributed by atoms with Crippen molar-refractivity contribution in [1.29, 1.82) is 0 Å². The number of carbonyl (C=O) groups excluding carboxylic acids is 1. The smallest absolute Gasteiger partial charge is 0.187 e. The molecule has 0 saturated carbocycles. The number of fused-ring (bicyclic) bond motifs is 1. The molecule has 0 atom stereocenters. The Morgan fingerprint density at radius 2 is 1.90 bits per heavy atom. The highest BCUT2D eigenvalue weighted by atomic mass is 16.1. The molecule has 1 aromatic heterocycles. The van der Waals surface area contributed by atoms with Crippen molar-refractivity contribution >= 4 is 11.5 Å². The zero-order valence-corrected chi connectivity index (χ0v) is 12.3. The number of ketones is 1. The molecule has 1 heterocycles. The van der Waals surface area contributed by atoms with E-state index in [1.165, 1.54) is 30.2 Å². The van der Waals surface area contributed by atoms with Gasteiger partial charge in [0.25, 0.3) is 0 Å². The first-order valence-electron chi connectivity index (χ1n) is 7.41. The van der Waals surface area contributed by atoms with Crippen LogP contribution < -0.4 is 5.73 Å². The topological polar surface area (TPSA) is 48.0 Å². The minimum absolute atomic E-state index is 0.0488. The molecule has 0 saturated heterocycles. The SMILES string of the molecule is Cn1c(/C(N)=C/C(=O)c2ccccc2)cc2c1CCCC2. The number of carbonyl (C=O) groups is 1. The molecule has 1 aliphatic rings. The van der Waals surface area contributed by atoms with Gasteiger partial charge in [0.05, 0.1) is 11.4 Å². The number of benzene rings is 1. The summed E-state index contributed by atoms with van der Waals surface area (Å²) in [5.74, 6) is -0.0488. The van der Waals surface area contributed by atoms with Crippen molar-refractivity contribution < 1.29 is 4.79 Å². The van der Waals surface area contributed by atoms with E-state index in [1.807, 2.05) is 37.4 Å². The maximum absolute atomic E-state index is 12.2. The highest BCUT2D eigenvalue weighted by molar-refractivity contribution is 6.08. The Hall–Kier alpha value is -2.29. The van der Waals surface area contributed by atoms with Crippen LogP contribution in [0.1, 0.15) is 40.2 Å². The monoisotopic (exact) mass is 280 g/mol. The molecule has 0 unspecified atom stereocenters. The van der Waals surface area contributed by atoms with Crippen molar-refractivity contribution in [2.24, 2.45) is 12.8 Å². The lowest BCUT2D eigenvalue weighted by Gasteiger charge is -2.13. The number of allylic oxidation sites excluding steroid dienone is 1. The fourth-order valence-corrected chi connectivity index (χ4v) is 3.04. The normalized spacial score (nSPS) is 14.8. The summed E-state index contributed by atoms with van der Waals surface area (Å²) in [7, 11) is 2.03. The Labute approximate surface area is 125 Å². The molecule has 3 nitrogen and oxygen atoms in total. The van der Waals surface area contributed by atoms with Crippen LogP contribution in [0, 0.1) is 0 Å². The van der Waals surface area contributed by atoms with Crippen LogP contribution in [0.15, 0.2) is 42.5 Å². The summed E-state index contributed by atoms with van der Waals surface area (Å²) >= 11 is 0. The van der Waals surface area contributed by atoms with Gasteiger partial charge in [0.1, 0.15) is 0 Å². The molecule has 2 N–H and O–H groups in total. The van der Waals surface area contributed by atoms with Gasteiger partial charge in [0, 0.05) is 24.4 Å². The average Bonchev–Trinajstić information content (AvgIpc) is 2.86. The number of nitrogens with zero attached hydrogens (tertiary/aromatic N) is 1. The van der Waals surface area contributed by atoms with Crippen LogP contribution in [0.4, 0.5) is 0 Å². The summed E-state index contributed by atoms with van der Waals surface area (Å²) in [6.45, 7) is 0. The Morgan fingerprint density at radius 3 is 2.62 bits per heavy atom. The third kappa shape index (κ3) is 2.64. The van der Waals surface area contributed by atoms with E-state index in [1.54, 1.807) is 0 Å². The Bertz CT molecular complexity index is 696. The van der Waals surface area contributed by atoms with Gasteiger partial charge in [0.2, 0.25) is 0 Å². The molecule has 2 aromatic rings. The zero-order valence-electron chi connectivity index (χ0n) is 12.3. The van der Waals surface area contributed by atoms with E-state index in [2.05, 4.69) is 10.6 Å². The lowest BCUT2D eigenvalue weighted by molar-refractivity contribution is 0.104. The van der Waals surface area contributed by atoms with Gasteiger partial charge in [-0.15, -0.1) is 0 Å². The highest BCUT2D eigenvalue weighted by Crippen LogP contribution is 2.26. The quantitative estimate of drug-likeness (QED) is 0.694. The molecule has 3 heteroatoms. The lowest BCUT2D eigenvalue weighted by Crippen LogP contribution is -2.09. The second-order valence-corrected chi connectivity index (χ2v) is 5.60. The molecule has 0 bridgehead atoms. The van der Waals surface area contributed by atoms with Crippen molar-refractivity contribution in [3.05, 3.63) is 65.0 Å². The molecule has 21 heavy (non-hydrogen) atoms. The van der Waals surface area contributed by atoms with Crippen LogP contribution in [0.3, 0.4) is 0 Å². The van der Waals surface area contributed by atoms with Gasteiger partial charge in [-0.1, -0.05) is 30.3 Å². The van der Waals surface area contributed by atoms with Crippen LogP contribution >= 0.6 is 0 Å². The minimum Gasteiger partial charge on any atom is -0.397 e. The number of hydrogen-bond donors (Lipinski definition) is 1. The molecule has 1 aliphatic carbocycles. The summed E-state index contributed by atoms with van der Waals surface area (Å²) in [4.78, 5) is 12.2. The number of aromatic nitrogens is 1. The largest absolute Gasteiger partial charge is 0.397 e. The number of rotatable bonds is 3. The average molecular weight is 280 g/mol. The lowest BCUT2D eigenvalue weighted by atomic mass is 9.98. The number of aryl methyl sites for hydroxylation is 1. The predicted molar refractivity (Wildman–Crippen MR) is 85.0 cm³/mol. The Morgan fingerprint density at radius 1 is 1.19 bits per heavy atom. The van der Waals surface area contributed by atoms with Gasteiger partial charge >= 0.3 is 0 Å². The first-order valence-corrected chi connectivity index (χ1v) is 7.41. The van der Waals surface area contributed by atoms with Gasteiger partial charge in [-0.3, -0.25) is 4.79 Å². The fraction of sp³-hybridized carbons (Fsp3) is 0.278. The van der Waals surface area contributed by atoms with Crippen LogP contribution in [0.25, 0.3) is 5.70 Å². The van der Waals surface area contributed by atoms with E-state index in [0.717, 1.165) is 18.5 Å². The molecular formula is C18H20N2O. The maximum atomic E-state index is 12.2. The molecule has 0 fully saturated rings. The number of nitrogens with two attached hydrogens (primary N) is 1. The van der Waals surface area contributed by atoms with Crippen LogP contribution in [0.2, 0.25) is 0 Å². The highest BCUT2D eigenvalue weighted by Gasteiger charge is 2.17. The van der Waals surface area contributed by atoms with E-state index in [4.69, 9.17) is 5.73 Å². The molecule has 108 valence electrons. The van der Waals surface area contributed by atoms with Crippen LogP contribution in [-0.4, -0.2) is 10.4 Å². The van der Waals surface area contributed by atoms with E-state index in [0.29, 0.717) is 11.3 Å². The summed E-state index contributed by atoms with van der Waals surface area (Å²) in [6, 6.07) is 11.4. The maximum Gasteiger partial charge on any atom is 0.187 e. The van der Waals surface area contributed by atoms with Gasteiger partial charge < -0.3 is 10.3 Å². The fourth-order valence-electron chi connectivity index (χ4n) is 3.04. The third-order valence-electron chi connectivity index (χ3n) is 4.20. The Balaban J connectivity index is 1.92. The predicted octanol–water partition coefficient (Wildman–Crippen LogP) is 3.09. The van der Waals surface area contributed by atoms with Gasteiger partial charge in [-0.05, 0) is 37.3 Å². The first kappa shape index (κ1) is 13.7. The van der Waals surface area contributed by atoms with E-state index < -0.39 is 0 Å². The first-order chi connectivity index (χ1) is 10.2. The standard InChI is InChI=1S/C18H20N2O/c1-20-16-10-6-5-9-14(16)11-17(20)15(19)12-18(21)13-7-3-2-4-8-13/h2-4,7-8,11-12H,5-6,9-10,19H2,1H3/b15-12-. The van der Waals surface area contributed by atoms with Gasteiger partial charge in [-0.2, -0.15) is 0 Å². The second-order valence-electron chi connectivity index (χ2n) is 5.60. The Kier molecular flexibility index (Phi) is 3.65. The van der Waals surface area contributed by atoms with Gasteiger partial charge in [-0.25, -0.2) is 0 Å². The molecule has 0 amide bonds. The van der Waals surface area contributed by atoms with E-state index >= 15 is 0 Å². The van der Waals surface area contributed by atoms with Crippen molar-refractivity contribution in [2.45, 2.75) is 25.7 Å². The molecule has 1 aromatic carbocycles. The van der Waals surface area contributed by atoms with E-state index in [-0.39, 0.29) is 5.78 Å². The summed E-state index contributed by atoms with van der Waals surface area (Å²) in [5.41, 5.74) is 11.1. The van der Waals surface area contributed by atoms with Crippen molar-refractivity contribution in [1.82, 2.24) is 4.57 Å². The third-order valence-corrected chi connectivity index (χ3v) is 4.20. The number of hydrogen-bond acceptors (Lipinski definition) is 2. The minimum atomic E-state index is -0.0488. The van der Waals surface area contributed by atoms with Gasteiger partial charge in [0.15, 0.2) is 5.78 Å².